The number of benzene rings is 2. The Balaban J connectivity index is 1.62. The molecular weight excluding hydrogens is 348 g/mol. The lowest BCUT2D eigenvalue weighted by Crippen LogP contribution is -2.12. The van der Waals surface area contributed by atoms with E-state index in [1.165, 1.54) is 5.56 Å². The molecule has 3 aromatic rings. The minimum Gasteiger partial charge on any atom is -0.378 e. The maximum Gasteiger partial charge on any atom is 0.257 e. The van der Waals surface area contributed by atoms with Crippen LogP contribution in [0.4, 0.5) is 22.9 Å². The predicted octanol–water partition coefficient (Wildman–Crippen LogP) is 5.27. The summed E-state index contributed by atoms with van der Waals surface area (Å²) >= 11 is 0. The number of hydrogen-bond acceptors (Lipinski definition) is 4. The number of amides is 1. The van der Waals surface area contributed by atoms with Crippen LogP contribution in [0, 0.1) is 0 Å². The van der Waals surface area contributed by atoms with E-state index in [-0.39, 0.29) is 5.91 Å². The van der Waals surface area contributed by atoms with Gasteiger partial charge in [0, 0.05) is 37.4 Å². The third-order valence-electron chi connectivity index (χ3n) is 4.52. The monoisotopic (exact) mass is 374 g/mol. The number of aromatic nitrogens is 1. The van der Waals surface area contributed by atoms with Crippen molar-refractivity contribution in [3.8, 4) is 0 Å². The van der Waals surface area contributed by atoms with Crippen LogP contribution in [0.25, 0.3) is 0 Å². The van der Waals surface area contributed by atoms with Gasteiger partial charge in [0.05, 0.1) is 5.56 Å². The first-order chi connectivity index (χ1) is 13.4. The highest BCUT2D eigenvalue weighted by Gasteiger charge is 2.08. The van der Waals surface area contributed by atoms with Crippen LogP contribution in [0.5, 0.6) is 0 Å². The van der Waals surface area contributed by atoms with E-state index in [1.54, 1.807) is 18.3 Å². The molecule has 0 spiro atoms. The van der Waals surface area contributed by atoms with E-state index < -0.39 is 0 Å². The van der Waals surface area contributed by atoms with Gasteiger partial charge in [-0.1, -0.05) is 26.0 Å². The molecule has 0 aliphatic heterocycles. The molecule has 1 aromatic heterocycles. The number of rotatable bonds is 6. The van der Waals surface area contributed by atoms with Crippen molar-refractivity contribution in [1.29, 1.82) is 0 Å². The Labute approximate surface area is 166 Å². The predicted molar refractivity (Wildman–Crippen MR) is 117 cm³/mol. The van der Waals surface area contributed by atoms with Gasteiger partial charge in [0.2, 0.25) is 0 Å². The molecule has 2 aromatic carbocycles. The number of nitrogens with zero attached hydrogens (tertiary/aromatic N) is 2. The van der Waals surface area contributed by atoms with Crippen molar-refractivity contribution < 1.29 is 4.79 Å². The highest BCUT2D eigenvalue weighted by Crippen LogP contribution is 2.20. The lowest BCUT2D eigenvalue weighted by molar-refractivity contribution is 0.102. The van der Waals surface area contributed by atoms with E-state index in [0.717, 1.165) is 17.1 Å². The van der Waals surface area contributed by atoms with Crippen LogP contribution in [0.15, 0.2) is 66.9 Å². The number of hydrogen-bond donors (Lipinski definition) is 2. The van der Waals surface area contributed by atoms with Crippen molar-refractivity contribution in [3.63, 3.8) is 0 Å². The molecule has 144 valence electrons. The summed E-state index contributed by atoms with van der Waals surface area (Å²) in [5.41, 5.74) is 4.61. The zero-order chi connectivity index (χ0) is 20.1. The van der Waals surface area contributed by atoms with Crippen molar-refractivity contribution in [2.75, 3.05) is 29.6 Å². The normalized spacial score (nSPS) is 10.6. The van der Waals surface area contributed by atoms with Gasteiger partial charge in [0.1, 0.15) is 5.82 Å². The fourth-order valence-corrected chi connectivity index (χ4v) is 2.75. The SMILES string of the molecule is CC(C)c1ccc(NC(=O)c2ccc(Nc3ccc(N(C)C)cc3)nc2)cc1. The van der Waals surface area contributed by atoms with Crippen molar-refractivity contribution in [1.82, 2.24) is 4.98 Å². The van der Waals surface area contributed by atoms with E-state index in [9.17, 15) is 4.79 Å². The van der Waals surface area contributed by atoms with Crippen molar-refractivity contribution in [2.45, 2.75) is 19.8 Å². The van der Waals surface area contributed by atoms with Crippen LogP contribution in [0.1, 0.15) is 35.7 Å². The second-order valence-electron chi connectivity index (χ2n) is 7.23. The zero-order valence-corrected chi connectivity index (χ0v) is 16.7. The minimum atomic E-state index is -0.174. The van der Waals surface area contributed by atoms with Gasteiger partial charge in [-0.25, -0.2) is 4.98 Å². The molecule has 28 heavy (non-hydrogen) atoms. The molecule has 0 radical (unpaired) electrons. The summed E-state index contributed by atoms with van der Waals surface area (Å²) in [4.78, 5) is 18.8. The minimum absolute atomic E-state index is 0.174. The molecule has 0 bridgehead atoms. The highest BCUT2D eigenvalue weighted by atomic mass is 16.1. The molecule has 0 saturated heterocycles. The number of nitrogens with one attached hydrogen (secondary N) is 2. The number of pyridine rings is 1. The number of carbonyl (C=O) groups excluding carboxylic acids is 1. The Bertz CT molecular complexity index is 914. The number of anilines is 4. The van der Waals surface area contributed by atoms with Crippen molar-refractivity contribution in [3.05, 3.63) is 78.0 Å². The Hall–Kier alpha value is -3.34. The average Bonchev–Trinajstić information content (AvgIpc) is 2.69. The van der Waals surface area contributed by atoms with Crippen molar-refractivity contribution >= 4 is 28.8 Å². The molecule has 5 heteroatoms. The molecule has 0 aliphatic rings. The molecular formula is C23H26N4O. The molecule has 0 fully saturated rings. The molecule has 0 unspecified atom stereocenters. The largest absolute Gasteiger partial charge is 0.378 e. The van der Waals surface area contributed by atoms with Crippen LogP contribution >= 0.6 is 0 Å². The van der Waals surface area contributed by atoms with Crippen LogP contribution in [-0.2, 0) is 0 Å². The molecule has 1 heterocycles. The molecule has 1 amide bonds. The third-order valence-corrected chi connectivity index (χ3v) is 4.52. The average molecular weight is 374 g/mol. The van der Waals surface area contributed by atoms with E-state index in [1.807, 2.05) is 67.5 Å². The molecule has 5 nitrogen and oxygen atoms in total. The van der Waals surface area contributed by atoms with E-state index in [2.05, 4.69) is 29.5 Å². The van der Waals surface area contributed by atoms with Gasteiger partial charge in [-0.05, 0) is 60.0 Å². The Morgan fingerprint density at radius 2 is 1.54 bits per heavy atom. The Kier molecular flexibility index (Phi) is 5.94. The second kappa shape index (κ2) is 8.57. The fourth-order valence-electron chi connectivity index (χ4n) is 2.75. The second-order valence-corrected chi connectivity index (χ2v) is 7.23. The van der Waals surface area contributed by atoms with Crippen LogP contribution in [-0.4, -0.2) is 25.0 Å². The first kappa shape index (κ1) is 19.4. The van der Waals surface area contributed by atoms with Gasteiger partial charge in [-0.2, -0.15) is 0 Å². The lowest BCUT2D eigenvalue weighted by atomic mass is 10.0. The summed E-state index contributed by atoms with van der Waals surface area (Å²) in [6.45, 7) is 4.29. The highest BCUT2D eigenvalue weighted by molar-refractivity contribution is 6.04. The van der Waals surface area contributed by atoms with Crippen LogP contribution < -0.4 is 15.5 Å². The van der Waals surface area contributed by atoms with Crippen LogP contribution in [0.3, 0.4) is 0 Å². The summed E-state index contributed by atoms with van der Waals surface area (Å²) in [7, 11) is 4.01. The van der Waals surface area contributed by atoms with Crippen molar-refractivity contribution in [2.24, 2.45) is 0 Å². The van der Waals surface area contributed by atoms with Crippen LogP contribution in [0.2, 0.25) is 0 Å². The summed E-state index contributed by atoms with van der Waals surface area (Å²) in [6, 6.07) is 19.6. The molecule has 0 aliphatic carbocycles. The quantitative estimate of drug-likeness (QED) is 0.617. The van der Waals surface area contributed by atoms with E-state index >= 15 is 0 Å². The first-order valence-corrected chi connectivity index (χ1v) is 9.34. The summed E-state index contributed by atoms with van der Waals surface area (Å²) in [6.07, 6.45) is 1.58. The maximum atomic E-state index is 12.4. The summed E-state index contributed by atoms with van der Waals surface area (Å²) < 4.78 is 0. The van der Waals surface area contributed by atoms with Gasteiger partial charge >= 0.3 is 0 Å². The first-order valence-electron chi connectivity index (χ1n) is 9.34. The molecule has 0 saturated carbocycles. The zero-order valence-electron chi connectivity index (χ0n) is 16.7. The fraction of sp³-hybridized carbons (Fsp3) is 0.217. The third kappa shape index (κ3) is 4.88. The van der Waals surface area contributed by atoms with Gasteiger partial charge in [0.25, 0.3) is 5.91 Å². The summed E-state index contributed by atoms with van der Waals surface area (Å²) in [5.74, 6) is 0.982. The van der Waals surface area contributed by atoms with Gasteiger partial charge < -0.3 is 15.5 Å². The van der Waals surface area contributed by atoms with E-state index in [0.29, 0.717) is 17.3 Å². The molecule has 2 N–H and O–H groups in total. The Morgan fingerprint density at radius 3 is 2.07 bits per heavy atom. The molecule has 0 atom stereocenters. The van der Waals surface area contributed by atoms with Gasteiger partial charge in [-0.3, -0.25) is 4.79 Å². The number of carbonyl (C=O) groups is 1. The van der Waals surface area contributed by atoms with Gasteiger partial charge in [-0.15, -0.1) is 0 Å². The topological polar surface area (TPSA) is 57.3 Å². The van der Waals surface area contributed by atoms with E-state index in [4.69, 9.17) is 0 Å². The smallest absolute Gasteiger partial charge is 0.257 e. The Morgan fingerprint density at radius 1 is 0.893 bits per heavy atom. The van der Waals surface area contributed by atoms with Gasteiger partial charge in [0.15, 0.2) is 0 Å². The lowest BCUT2D eigenvalue weighted by Gasteiger charge is -2.13. The summed E-state index contributed by atoms with van der Waals surface area (Å²) in [5, 5.41) is 6.15. The standard InChI is InChI=1S/C23H26N4O/c1-16(2)17-5-8-20(9-6-17)26-23(28)18-7-14-22(24-15-18)25-19-10-12-21(13-11-19)27(3)4/h5-16H,1-4H3,(H,24,25)(H,26,28). The maximum absolute atomic E-state index is 12.4. The molecule has 3 rings (SSSR count).